The molecule has 1 fully saturated rings. The number of ketones is 1. The summed E-state index contributed by atoms with van der Waals surface area (Å²) in [7, 11) is 1.55. The second kappa shape index (κ2) is 9.88. The molecule has 1 heterocycles. The van der Waals surface area contributed by atoms with Gasteiger partial charge in [-0.2, -0.15) is 0 Å². The maximum absolute atomic E-state index is 12.7. The number of amides is 2. The van der Waals surface area contributed by atoms with Gasteiger partial charge >= 0.3 is 6.09 Å². The molecule has 1 aromatic rings. The predicted molar refractivity (Wildman–Crippen MR) is 115 cm³/mol. The van der Waals surface area contributed by atoms with E-state index in [0.717, 1.165) is 5.56 Å². The van der Waals surface area contributed by atoms with Crippen molar-refractivity contribution in [1.29, 1.82) is 0 Å². The van der Waals surface area contributed by atoms with Gasteiger partial charge in [0.15, 0.2) is 5.78 Å². The van der Waals surface area contributed by atoms with Crippen LogP contribution in [-0.2, 0) is 14.3 Å². The van der Waals surface area contributed by atoms with Gasteiger partial charge in [-0.15, -0.1) is 0 Å². The smallest absolute Gasteiger partial charge is 0.408 e. The van der Waals surface area contributed by atoms with Crippen molar-refractivity contribution in [3.63, 3.8) is 0 Å². The van der Waals surface area contributed by atoms with Gasteiger partial charge in [0.25, 0.3) is 0 Å². The van der Waals surface area contributed by atoms with Crippen molar-refractivity contribution in [1.82, 2.24) is 10.2 Å². The van der Waals surface area contributed by atoms with Crippen LogP contribution < -0.4 is 10.1 Å². The zero-order chi connectivity index (χ0) is 22.6. The van der Waals surface area contributed by atoms with Crippen molar-refractivity contribution in [3.8, 4) is 5.75 Å². The summed E-state index contributed by atoms with van der Waals surface area (Å²) in [6.45, 7) is 6.76. The highest BCUT2D eigenvalue weighted by molar-refractivity contribution is 6.42. The third-order valence-corrected chi connectivity index (χ3v) is 5.71. The van der Waals surface area contributed by atoms with Crippen LogP contribution in [0.15, 0.2) is 12.1 Å². The first-order valence-electron chi connectivity index (χ1n) is 9.73. The molecule has 0 spiro atoms. The number of nitrogens with one attached hydrogen (secondary N) is 1. The van der Waals surface area contributed by atoms with E-state index in [9.17, 15) is 14.4 Å². The topological polar surface area (TPSA) is 84.9 Å². The second-order valence-electron chi connectivity index (χ2n) is 8.27. The van der Waals surface area contributed by atoms with Crippen LogP contribution in [0.3, 0.4) is 0 Å². The zero-order valence-corrected chi connectivity index (χ0v) is 19.4. The second-order valence-corrected chi connectivity index (χ2v) is 9.05. The number of Topliss-reactive ketones (excluding diaryl/α,β-unsaturated/α-hetero) is 1. The van der Waals surface area contributed by atoms with Crippen molar-refractivity contribution in [3.05, 3.63) is 27.7 Å². The van der Waals surface area contributed by atoms with Crippen LogP contribution in [0.25, 0.3) is 0 Å². The summed E-state index contributed by atoms with van der Waals surface area (Å²) in [5.41, 5.74) is 0.0831. The summed E-state index contributed by atoms with van der Waals surface area (Å²) < 4.78 is 10.6. The molecule has 2 atom stereocenters. The monoisotopic (exact) mass is 458 g/mol. The van der Waals surface area contributed by atoms with Crippen molar-refractivity contribution in [2.24, 2.45) is 0 Å². The molecule has 30 heavy (non-hydrogen) atoms. The number of hydrogen-bond acceptors (Lipinski definition) is 5. The lowest BCUT2D eigenvalue weighted by Gasteiger charge is -2.39. The normalized spacial score (nSPS) is 19.2. The number of hydrogen-bond donors (Lipinski definition) is 1. The van der Waals surface area contributed by atoms with Crippen molar-refractivity contribution >= 4 is 41.0 Å². The highest BCUT2D eigenvalue weighted by Crippen LogP contribution is 2.43. The average molecular weight is 459 g/mol. The number of halogens is 2. The highest BCUT2D eigenvalue weighted by atomic mass is 35.5. The number of carbonyl (C=O) groups is 3. The number of nitrogens with zero attached hydrogens (tertiary/aromatic N) is 1. The van der Waals surface area contributed by atoms with Gasteiger partial charge in [0.05, 0.1) is 23.2 Å². The molecule has 0 aliphatic carbocycles. The molecule has 1 aromatic carbocycles. The molecule has 2 amide bonds. The van der Waals surface area contributed by atoms with E-state index in [-0.39, 0.29) is 24.2 Å². The first kappa shape index (κ1) is 24.3. The molecule has 7 nitrogen and oxygen atoms in total. The SMILES string of the molecule is COc1ccc(Cl)c(Cl)c1[C@@H]1CCN(C(=O)CNC(=O)OC(C)(C)C)[C@H](C(C)=O)C1. The van der Waals surface area contributed by atoms with Crippen LogP contribution in [-0.4, -0.2) is 54.5 Å². The Hall–Kier alpha value is -1.99. The molecular weight excluding hydrogens is 431 g/mol. The number of ether oxygens (including phenoxy) is 2. The van der Waals surface area contributed by atoms with Crippen molar-refractivity contribution in [2.75, 3.05) is 20.2 Å². The molecule has 0 unspecified atom stereocenters. The Morgan fingerprint density at radius 3 is 2.47 bits per heavy atom. The van der Waals surface area contributed by atoms with E-state index >= 15 is 0 Å². The van der Waals surface area contributed by atoms with Crippen LogP contribution in [0.2, 0.25) is 10.0 Å². The number of piperidine rings is 1. The summed E-state index contributed by atoms with van der Waals surface area (Å²) in [4.78, 5) is 38.4. The number of methoxy groups -OCH3 is 1. The molecule has 1 saturated heterocycles. The molecule has 0 radical (unpaired) electrons. The van der Waals surface area contributed by atoms with Crippen molar-refractivity contribution in [2.45, 2.75) is 58.1 Å². The predicted octanol–water partition coefficient (Wildman–Crippen LogP) is 4.19. The summed E-state index contributed by atoms with van der Waals surface area (Å²) in [5, 5.41) is 3.26. The van der Waals surface area contributed by atoms with Crippen LogP contribution in [0.1, 0.15) is 52.0 Å². The van der Waals surface area contributed by atoms with Gasteiger partial charge in [-0.05, 0) is 58.6 Å². The van der Waals surface area contributed by atoms with Crippen LogP contribution in [0, 0.1) is 0 Å². The Labute approximate surface area is 187 Å². The van der Waals surface area contributed by atoms with Gasteiger partial charge in [0, 0.05) is 12.1 Å². The van der Waals surface area contributed by atoms with Crippen LogP contribution >= 0.6 is 23.2 Å². The lowest BCUT2D eigenvalue weighted by Crippen LogP contribution is -2.52. The Kier molecular flexibility index (Phi) is 7.99. The lowest BCUT2D eigenvalue weighted by atomic mass is 9.83. The zero-order valence-electron chi connectivity index (χ0n) is 17.9. The van der Waals surface area contributed by atoms with Crippen LogP contribution in [0.4, 0.5) is 4.79 Å². The largest absolute Gasteiger partial charge is 0.496 e. The van der Waals surface area contributed by atoms with E-state index in [4.69, 9.17) is 32.7 Å². The van der Waals surface area contributed by atoms with Gasteiger partial charge < -0.3 is 19.7 Å². The molecule has 0 saturated carbocycles. The van der Waals surface area contributed by atoms with Crippen LogP contribution in [0.5, 0.6) is 5.75 Å². The maximum atomic E-state index is 12.7. The molecule has 1 N–H and O–H groups in total. The van der Waals surface area contributed by atoms with Gasteiger partial charge in [0.2, 0.25) is 5.91 Å². The number of benzene rings is 1. The minimum atomic E-state index is -0.680. The molecule has 166 valence electrons. The number of carbonyl (C=O) groups excluding carboxylic acids is 3. The standard InChI is InChI=1S/C21H28Cl2N2O5/c1-12(26)15-10-13(18-16(29-5)7-6-14(22)19(18)23)8-9-25(15)17(27)11-24-20(28)30-21(2,3)4/h6-7,13,15H,8-11H2,1-5H3,(H,24,28)/t13-,15+/m1/s1. The Balaban J connectivity index is 2.13. The molecule has 9 heteroatoms. The first-order valence-corrected chi connectivity index (χ1v) is 10.5. The summed E-state index contributed by atoms with van der Waals surface area (Å²) >= 11 is 12.6. The van der Waals surface area contributed by atoms with Gasteiger partial charge in [-0.3, -0.25) is 9.59 Å². The first-order chi connectivity index (χ1) is 13.9. The van der Waals surface area contributed by atoms with E-state index in [1.165, 1.54) is 11.8 Å². The molecule has 2 rings (SSSR count). The summed E-state index contributed by atoms with van der Waals surface area (Å²) in [6.07, 6.45) is 0.294. The molecule has 0 aromatic heterocycles. The fraction of sp³-hybridized carbons (Fsp3) is 0.571. The van der Waals surface area contributed by atoms with Gasteiger partial charge in [0.1, 0.15) is 17.9 Å². The Bertz CT molecular complexity index is 822. The summed E-state index contributed by atoms with van der Waals surface area (Å²) in [5.74, 6) is 0.0251. The Morgan fingerprint density at radius 1 is 1.23 bits per heavy atom. The molecular formula is C21H28Cl2N2O5. The van der Waals surface area contributed by atoms with Gasteiger partial charge in [-0.25, -0.2) is 4.79 Å². The lowest BCUT2D eigenvalue weighted by molar-refractivity contribution is -0.140. The minimum Gasteiger partial charge on any atom is -0.496 e. The number of rotatable bonds is 5. The van der Waals surface area contributed by atoms with E-state index in [1.54, 1.807) is 40.0 Å². The quantitative estimate of drug-likeness (QED) is 0.714. The molecule has 0 bridgehead atoms. The van der Waals surface area contributed by atoms with Gasteiger partial charge in [-0.1, -0.05) is 23.2 Å². The third-order valence-electron chi connectivity index (χ3n) is 4.90. The number of alkyl carbamates (subject to hydrolysis) is 1. The van der Waals surface area contributed by atoms with E-state index in [1.807, 2.05) is 0 Å². The minimum absolute atomic E-state index is 0.0945. The fourth-order valence-electron chi connectivity index (χ4n) is 3.58. The fourth-order valence-corrected chi connectivity index (χ4v) is 4.06. The van der Waals surface area contributed by atoms with E-state index in [0.29, 0.717) is 35.2 Å². The average Bonchev–Trinajstić information content (AvgIpc) is 2.66. The highest BCUT2D eigenvalue weighted by Gasteiger charge is 2.37. The number of likely N-dealkylation sites (tertiary alicyclic amines) is 1. The maximum Gasteiger partial charge on any atom is 0.408 e. The molecule has 1 aliphatic heterocycles. The Morgan fingerprint density at radius 2 is 1.90 bits per heavy atom. The summed E-state index contributed by atoms with van der Waals surface area (Å²) in [6, 6.07) is 2.78. The third kappa shape index (κ3) is 6.01. The van der Waals surface area contributed by atoms with E-state index in [2.05, 4.69) is 5.32 Å². The molecule has 1 aliphatic rings. The van der Waals surface area contributed by atoms with E-state index < -0.39 is 17.7 Å². The van der Waals surface area contributed by atoms with Crippen molar-refractivity contribution < 1.29 is 23.9 Å².